The van der Waals surface area contributed by atoms with Crippen molar-refractivity contribution in [1.29, 1.82) is 0 Å². The number of carbonyl (C=O) groups excluding carboxylic acids is 1. The predicted octanol–water partition coefficient (Wildman–Crippen LogP) is 3.13. The van der Waals surface area contributed by atoms with Crippen LogP contribution in [0.3, 0.4) is 0 Å². The van der Waals surface area contributed by atoms with E-state index in [1.54, 1.807) is 17.9 Å². The number of anilines is 1. The summed E-state index contributed by atoms with van der Waals surface area (Å²) in [5.74, 6) is 0.493. The lowest BCUT2D eigenvalue weighted by molar-refractivity contribution is 0.102. The lowest BCUT2D eigenvalue weighted by Crippen LogP contribution is -2.13. The third-order valence-corrected chi connectivity index (χ3v) is 4.54. The Labute approximate surface area is 149 Å². The smallest absolute Gasteiger partial charge is 0.275 e. The highest BCUT2D eigenvalue weighted by Gasteiger charge is 2.12. The van der Waals surface area contributed by atoms with Crippen LogP contribution in [0, 0.1) is 13.8 Å². The first-order valence-electron chi connectivity index (χ1n) is 7.89. The molecule has 0 unspecified atom stereocenters. The van der Waals surface area contributed by atoms with E-state index in [9.17, 15) is 4.79 Å². The first kappa shape index (κ1) is 17.2. The molecule has 0 aliphatic carbocycles. The summed E-state index contributed by atoms with van der Waals surface area (Å²) in [6.07, 6.45) is 3.36. The zero-order chi connectivity index (χ0) is 17.8. The molecule has 3 aromatic rings. The zero-order valence-corrected chi connectivity index (χ0v) is 15.1. The molecule has 0 aromatic carbocycles. The van der Waals surface area contributed by atoms with Crippen LogP contribution in [0.25, 0.3) is 5.82 Å². The van der Waals surface area contributed by atoms with E-state index in [1.165, 1.54) is 11.3 Å². The fraction of sp³-hybridized carbons (Fsp3) is 0.294. The van der Waals surface area contributed by atoms with Crippen molar-refractivity contribution < 1.29 is 9.53 Å². The molecule has 0 aliphatic heterocycles. The van der Waals surface area contributed by atoms with Crippen molar-refractivity contribution in [2.45, 2.75) is 27.4 Å². The second-order valence-corrected chi connectivity index (χ2v) is 6.35. The summed E-state index contributed by atoms with van der Waals surface area (Å²) in [6, 6.07) is 3.65. The highest BCUT2D eigenvalue weighted by atomic mass is 32.1. The van der Waals surface area contributed by atoms with Gasteiger partial charge >= 0.3 is 0 Å². The molecule has 0 spiro atoms. The molecule has 8 heteroatoms. The van der Waals surface area contributed by atoms with Crippen LogP contribution in [0.15, 0.2) is 30.0 Å². The summed E-state index contributed by atoms with van der Waals surface area (Å²) in [6.45, 7) is 6.91. The Kier molecular flexibility index (Phi) is 5.20. The monoisotopic (exact) mass is 357 g/mol. The summed E-state index contributed by atoms with van der Waals surface area (Å²) < 4.78 is 7.20. The lowest BCUT2D eigenvalue weighted by atomic mass is 10.3. The topological polar surface area (TPSA) is 81.9 Å². The quantitative estimate of drug-likeness (QED) is 0.733. The molecule has 0 aliphatic rings. The van der Waals surface area contributed by atoms with Crippen LogP contribution in [-0.4, -0.2) is 32.0 Å². The number of carbonyl (C=O) groups is 1. The Bertz CT molecular complexity index is 870. The molecule has 0 bridgehead atoms. The number of thiazole rings is 1. The van der Waals surface area contributed by atoms with Gasteiger partial charge in [0.2, 0.25) is 0 Å². The van der Waals surface area contributed by atoms with E-state index in [-0.39, 0.29) is 5.91 Å². The second-order valence-electron chi connectivity index (χ2n) is 5.41. The molecule has 25 heavy (non-hydrogen) atoms. The van der Waals surface area contributed by atoms with Crippen molar-refractivity contribution in [1.82, 2.24) is 19.5 Å². The SMILES string of the molecule is CCOCc1nc(C(=O)Nc2ccc(-n3cnc(C)c3C)nc2)cs1. The van der Waals surface area contributed by atoms with Gasteiger partial charge in [-0.25, -0.2) is 15.0 Å². The van der Waals surface area contributed by atoms with E-state index in [0.717, 1.165) is 22.2 Å². The number of nitrogens with zero attached hydrogens (tertiary/aromatic N) is 4. The first-order valence-corrected chi connectivity index (χ1v) is 8.77. The number of aryl methyl sites for hydroxylation is 1. The van der Waals surface area contributed by atoms with E-state index in [0.29, 0.717) is 24.6 Å². The number of aromatic nitrogens is 4. The molecule has 0 atom stereocenters. The second kappa shape index (κ2) is 7.54. The van der Waals surface area contributed by atoms with Crippen LogP contribution in [0.1, 0.15) is 33.8 Å². The van der Waals surface area contributed by atoms with E-state index in [4.69, 9.17) is 4.74 Å². The summed E-state index contributed by atoms with van der Waals surface area (Å²) in [5, 5.41) is 5.31. The van der Waals surface area contributed by atoms with Gasteiger partial charge in [0.15, 0.2) is 0 Å². The minimum atomic E-state index is -0.261. The van der Waals surface area contributed by atoms with Crippen molar-refractivity contribution in [3.63, 3.8) is 0 Å². The lowest BCUT2D eigenvalue weighted by Gasteiger charge is -2.07. The average molecular weight is 357 g/mol. The Morgan fingerprint density at radius 2 is 2.16 bits per heavy atom. The molecule has 0 fully saturated rings. The third kappa shape index (κ3) is 3.92. The number of hydrogen-bond acceptors (Lipinski definition) is 6. The molecule has 7 nitrogen and oxygen atoms in total. The van der Waals surface area contributed by atoms with Crippen LogP contribution >= 0.6 is 11.3 Å². The largest absolute Gasteiger partial charge is 0.375 e. The molecule has 0 radical (unpaired) electrons. The van der Waals surface area contributed by atoms with Gasteiger partial charge in [-0.1, -0.05) is 0 Å². The summed E-state index contributed by atoms with van der Waals surface area (Å²) in [5.41, 5.74) is 2.99. The Morgan fingerprint density at radius 3 is 2.80 bits per heavy atom. The summed E-state index contributed by atoms with van der Waals surface area (Å²) >= 11 is 1.41. The molecule has 0 saturated heterocycles. The van der Waals surface area contributed by atoms with Gasteiger partial charge in [-0.05, 0) is 32.9 Å². The Hall–Kier alpha value is -2.58. The van der Waals surface area contributed by atoms with Crippen LogP contribution in [0.2, 0.25) is 0 Å². The number of imidazole rings is 1. The van der Waals surface area contributed by atoms with Gasteiger partial charge < -0.3 is 10.1 Å². The third-order valence-electron chi connectivity index (χ3n) is 3.72. The highest BCUT2D eigenvalue weighted by Crippen LogP contribution is 2.16. The molecule has 3 aromatic heterocycles. The summed E-state index contributed by atoms with van der Waals surface area (Å²) in [4.78, 5) is 25.2. The number of amides is 1. The molecule has 3 rings (SSSR count). The average Bonchev–Trinajstić information content (AvgIpc) is 3.22. The molecule has 1 amide bonds. The summed E-state index contributed by atoms with van der Waals surface area (Å²) in [7, 11) is 0. The van der Waals surface area contributed by atoms with Crippen LogP contribution in [-0.2, 0) is 11.3 Å². The van der Waals surface area contributed by atoms with Crippen molar-refractivity contribution >= 4 is 22.9 Å². The normalized spacial score (nSPS) is 10.8. The van der Waals surface area contributed by atoms with Crippen LogP contribution in [0.5, 0.6) is 0 Å². The number of pyridine rings is 1. The van der Waals surface area contributed by atoms with Gasteiger partial charge in [-0.2, -0.15) is 0 Å². The van der Waals surface area contributed by atoms with Crippen molar-refractivity contribution in [2.24, 2.45) is 0 Å². The zero-order valence-electron chi connectivity index (χ0n) is 14.3. The Balaban J connectivity index is 1.67. The molecular formula is C17H19N5O2S. The Morgan fingerprint density at radius 1 is 1.32 bits per heavy atom. The maximum Gasteiger partial charge on any atom is 0.275 e. The van der Waals surface area contributed by atoms with Gasteiger partial charge in [-0.3, -0.25) is 9.36 Å². The molecule has 130 valence electrons. The first-order chi connectivity index (χ1) is 12.1. The molecule has 0 saturated carbocycles. The maximum absolute atomic E-state index is 12.3. The fourth-order valence-corrected chi connectivity index (χ4v) is 2.91. The van der Waals surface area contributed by atoms with Crippen molar-refractivity contribution in [3.8, 4) is 5.82 Å². The number of ether oxygens (including phenoxy) is 1. The molecule has 3 heterocycles. The van der Waals surface area contributed by atoms with Crippen molar-refractivity contribution in [2.75, 3.05) is 11.9 Å². The van der Waals surface area contributed by atoms with E-state index < -0.39 is 0 Å². The van der Waals surface area contributed by atoms with Gasteiger partial charge in [0, 0.05) is 17.7 Å². The standard InChI is InChI=1S/C17H19N5O2S/c1-4-24-8-16-21-14(9-25-16)17(23)20-13-5-6-15(18-7-13)22-10-19-11(2)12(22)3/h5-7,9-10H,4,8H2,1-3H3,(H,20,23). The minimum absolute atomic E-state index is 0.261. The van der Waals surface area contributed by atoms with Crippen molar-refractivity contribution in [3.05, 3.63) is 52.1 Å². The van der Waals surface area contributed by atoms with Gasteiger partial charge in [-0.15, -0.1) is 11.3 Å². The van der Waals surface area contributed by atoms with E-state index >= 15 is 0 Å². The number of nitrogens with one attached hydrogen (secondary N) is 1. The highest BCUT2D eigenvalue weighted by molar-refractivity contribution is 7.09. The molecular weight excluding hydrogens is 338 g/mol. The maximum atomic E-state index is 12.3. The number of hydrogen-bond donors (Lipinski definition) is 1. The minimum Gasteiger partial charge on any atom is -0.375 e. The molecule has 1 N–H and O–H groups in total. The van der Waals surface area contributed by atoms with Gasteiger partial charge in [0.05, 0.1) is 24.2 Å². The number of rotatable bonds is 6. The fourth-order valence-electron chi connectivity index (χ4n) is 2.20. The van der Waals surface area contributed by atoms with Gasteiger partial charge in [0.1, 0.15) is 22.8 Å². The van der Waals surface area contributed by atoms with E-state index in [1.807, 2.05) is 37.5 Å². The van der Waals surface area contributed by atoms with Crippen LogP contribution < -0.4 is 5.32 Å². The van der Waals surface area contributed by atoms with Crippen LogP contribution in [0.4, 0.5) is 5.69 Å². The predicted molar refractivity (Wildman–Crippen MR) is 96.2 cm³/mol. The van der Waals surface area contributed by atoms with Gasteiger partial charge in [0.25, 0.3) is 5.91 Å². The van der Waals surface area contributed by atoms with E-state index in [2.05, 4.69) is 20.3 Å².